The van der Waals surface area contributed by atoms with Gasteiger partial charge in [0.2, 0.25) is 0 Å². The summed E-state index contributed by atoms with van der Waals surface area (Å²) in [4.78, 5) is 51.2. The Labute approximate surface area is 194 Å². The highest BCUT2D eigenvalue weighted by atomic mass is 35.5. The van der Waals surface area contributed by atoms with Gasteiger partial charge in [-0.1, -0.05) is 47.5 Å². The predicted octanol–water partition coefficient (Wildman–Crippen LogP) is 4.53. The molecule has 164 valence electrons. The number of nitrogens with zero attached hydrogens (tertiary/aromatic N) is 1. The van der Waals surface area contributed by atoms with Gasteiger partial charge in [0, 0.05) is 10.6 Å². The van der Waals surface area contributed by atoms with Gasteiger partial charge in [-0.15, -0.1) is 0 Å². The number of esters is 1. The fraction of sp³-hybridized carbons (Fsp3) is 0.0400. The van der Waals surface area contributed by atoms with Crippen LogP contribution in [0.15, 0.2) is 78.4 Å². The molecule has 0 radical (unpaired) electrons. The van der Waals surface area contributed by atoms with Gasteiger partial charge in [0.05, 0.1) is 11.3 Å². The highest BCUT2D eigenvalue weighted by molar-refractivity contribution is 6.39. The fourth-order valence-electron chi connectivity index (χ4n) is 3.18. The number of benzene rings is 3. The molecule has 0 atom stereocenters. The van der Waals surface area contributed by atoms with Crippen LogP contribution in [0.5, 0.6) is 5.75 Å². The van der Waals surface area contributed by atoms with Crippen LogP contribution in [0.4, 0.5) is 10.5 Å². The van der Waals surface area contributed by atoms with Crippen molar-refractivity contribution in [3.63, 3.8) is 0 Å². The lowest BCUT2D eigenvalue weighted by Crippen LogP contribution is -2.54. The Morgan fingerprint density at radius 2 is 1.61 bits per heavy atom. The predicted molar refractivity (Wildman–Crippen MR) is 123 cm³/mol. The lowest BCUT2D eigenvalue weighted by Gasteiger charge is -2.26. The number of urea groups is 1. The van der Waals surface area contributed by atoms with E-state index in [0.717, 1.165) is 10.5 Å². The second kappa shape index (κ2) is 9.10. The molecule has 0 saturated carbocycles. The second-order valence-corrected chi connectivity index (χ2v) is 7.66. The number of hydrogen-bond acceptors (Lipinski definition) is 5. The number of aryl methyl sites for hydroxylation is 1. The number of para-hydroxylation sites is 1. The molecule has 1 heterocycles. The molecule has 1 aliphatic heterocycles. The van der Waals surface area contributed by atoms with Gasteiger partial charge in [-0.25, -0.2) is 14.5 Å². The van der Waals surface area contributed by atoms with Crippen LogP contribution in [-0.4, -0.2) is 23.8 Å². The minimum atomic E-state index is -0.872. The maximum Gasteiger partial charge on any atom is 0.343 e. The summed E-state index contributed by atoms with van der Waals surface area (Å²) in [7, 11) is 0. The van der Waals surface area contributed by atoms with Gasteiger partial charge < -0.3 is 4.74 Å². The first-order valence-corrected chi connectivity index (χ1v) is 10.3. The van der Waals surface area contributed by atoms with Gasteiger partial charge in [-0.05, 0) is 55.5 Å². The molecule has 1 N–H and O–H groups in total. The molecular weight excluding hydrogens is 444 g/mol. The topological polar surface area (TPSA) is 92.8 Å². The number of hydrogen-bond donors (Lipinski definition) is 1. The number of halogens is 1. The van der Waals surface area contributed by atoms with E-state index in [2.05, 4.69) is 5.32 Å². The zero-order chi connectivity index (χ0) is 23.5. The SMILES string of the molecule is Cc1ccc(C(=O)Oc2ccccc2/C=C2/C(=O)NC(=O)N(c3ccc(Cl)cc3)C2=O)cc1. The summed E-state index contributed by atoms with van der Waals surface area (Å²) in [6.07, 6.45) is 1.28. The lowest BCUT2D eigenvalue weighted by molar-refractivity contribution is -0.122. The highest BCUT2D eigenvalue weighted by Gasteiger charge is 2.37. The zero-order valence-electron chi connectivity index (χ0n) is 17.4. The summed E-state index contributed by atoms with van der Waals surface area (Å²) in [5.74, 6) is -2.09. The third-order valence-electron chi connectivity index (χ3n) is 4.90. The molecule has 0 unspecified atom stereocenters. The number of carbonyl (C=O) groups excluding carboxylic acids is 4. The Hall–Kier alpha value is -4.23. The van der Waals surface area contributed by atoms with E-state index in [1.54, 1.807) is 48.5 Å². The van der Waals surface area contributed by atoms with Crippen molar-refractivity contribution in [3.05, 3.63) is 100 Å². The zero-order valence-corrected chi connectivity index (χ0v) is 18.1. The first-order chi connectivity index (χ1) is 15.8. The van der Waals surface area contributed by atoms with Crippen molar-refractivity contribution in [1.82, 2.24) is 5.32 Å². The largest absolute Gasteiger partial charge is 0.422 e. The molecule has 7 nitrogen and oxygen atoms in total. The van der Waals surface area contributed by atoms with E-state index in [1.165, 1.54) is 30.3 Å². The molecule has 0 bridgehead atoms. The van der Waals surface area contributed by atoms with E-state index in [-0.39, 0.29) is 17.0 Å². The molecule has 4 amide bonds. The van der Waals surface area contributed by atoms with E-state index in [4.69, 9.17) is 16.3 Å². The summed E-state index contributed by atoms with van der Waals surface area (Å²) >= 11 is 5.88. The van der Waals surface area contributed by atoms with Crippen LogP contribution in [0.1, 0.15) is 21.5 Å². The first kappa shape index (κ1) is 22.0. The number of nitrogens with one attached hydrogen (secondary N) is 1. The highest BCUT2D eigenvalue weighted by Crippen LogP contribution is 2.26. The van der Waals surface area contributed by atoms with Crippen molar-refractivity contribution in [2.75, 3.05) is 4.90 Å². The quantitative estimate of drug-likeness (QED) is 0.267. The maximum atomic E-state index is 13.1. The average Bonchev–Trinajstić information content (AvgIpc) is 2.79. The molecule has 33 heavy (non-hydrogen) atoms. The van der Waals surface area contributed by atoms with Crippen LogP contribution in [0.25, 0.3) is 6.08 Å². The van der Waals surface area contributed by atoms with Crippen LogP contribution >= 0.6 is 11.6 Å². The van der Waals surface area contributed by atoms with Crippen molar-refractivity contribution in [2.45, 2.75) is 6.92 Å². The van der Waals surface area contributed by atoms with Crippen LogP contribution < -0.4 is 15.0 Å². The Balaban J connectivity index is 1.66. The van der Waals surface area contributed by atoms with Crippen molar-refractivity contribution >= 4 is 47.2 Å². The standard InChI is InChI=1S/C25H17ClN2O5/c1-15-6-8-16(9-7-15)24(31)33-21-5-3-2-4-17(21)14-20-22(29)27-25(32)28(23(20)30)19-12-10-18(26)11-13-19/h2-14H,1H3,(H,27,29,32)/b20-14-. The lowest BCUT2D eigenvalue weighted by atomic mass is 10.1. The molecule has 1 fully saturated rings. The summed E-state index contributed by atoms with van der Waals surface area (Å²) in [6, 6.07) is 18.5. The molecule has 8 heteroatoms. The van der Waals surface area contributed by atoms with Crippen molar-refractivity contribution < 1.29 is 23.9 Å². The summed E-state index contributed by atoms with van der Waals surface area (Å²) in [6.45, 7) is 1.90. The van der Waals surface area contributed by atoms with Crippen LogP contribution in [0.3, 0.4) is 0 Å². The molecule has 3 aromatic rings. The van der Waals surface area contributed by atoms with E-state index in [1.807, 2.05) is 6.92 Å². The molecule has 0 aromatic heterocycles. The number of rotatable bonds is 4. The monoisotopic (exact) mass is 460 g/mol. The molecule has 3 aromatic carbocycles. The van der Waals surface area contributed by atoms with E-state index < -0.39 is 23.8 Å². The molecule has 1 saturated heterocycles. The Bertz CT molecular complexity index is 1300. The number of amides is 4. The minimum Gasteiger partial charge on any atom is -0.422 e. The number of imide groups is 2. The van der Waals surface area contributed by atoms with Crippen molar-refractivity contribution in [1.29, 1.82) is 0 Å². The molecule has 4 rings (SSSR count). The third-order valence-corrected chi connectivity index (χ3v) is 5.15. The fourth-order valence-corrected chi connectivity index (χ4v) is 3.30. The maximum absolute atomic E-state index is 13.1. The van der Waals surface area contributed by atoms with Crippen LogP contribution in [0.2, 0.25) is 5.02 Å². The number of ether oxygens (including phenoxy) is 1. The summed E-state index contributed by atoms with van der Waals surface area (Å²) in [5.41, 5.74) is 1.64. The van der Waals surface area contributed by atoms with Gasteiger partial charge in [0.15, 0.2) is 0 Å². The number of carbonyl (C=O) groups is 4. The molecule has 1 aliphatic rings. The molecule has 0 aliphatic carbocycles. The summed E-state index contributed by atoms with van der Waals surface area (Å²) < 4.78 is 5.51. The number of anilines is 1. The molecular formula is C25H17ClN2O5. The third kappa shape index (κ3) is 4.68. The van der Waals surface area contributed by atoms with Crippen molar-refractivity contribution in [3.8, 4) is 5.75 Å². The van der Waals surface area contributed by atoms with Crippen LogP contribution in [0, 0.1) is 6.92 Å². The summed E-state index contributed by atoms with van der Waals surface area (Å²) in [5, 5.41) is 2.58. The Morgan fingerprint density at radius 1 is 0.939 bits per heavy atom. The number of barbiturate groups is 1. The smallest absolute Gasteiger partial charge is 0.343 e. The second-order valence-electron chi connectivity index (χ2n) is 7.23. The van der Waals surface area contributed by atoms with Gasteiger partial charge >= 0.3 is 12.0 Å². The average molecular weight is 461 g/mol. The van der Waals surface area contributed by atoms with Gasteiger partial charge in [-0.2, -0.15) is 0 Å². The molecule has 0 spiro atoms. The van der Waals surface area contributed by atoms with Gasteiger partial charge in [-0.3, -0.25) is 14.9 Å². The van der Waals surface area contributed by atoms with Gasteiger partial charge in [0.25, 0.3) is 11.8 Å². The first-order valence-electron chi connectivity index (χ1n) is 9.88. The van der Waals surface area contributed by atoms with Crippen molar-refractivity contribution in [2.24, 2.45) is 0 Å². The van der Waals surface area contributed by atoms with E-state index >= 15 is 0 Å². The Kier molecular flexibility index (Phi) is 6.06. The van der Waals surface area contributed by atoms with E-state index in [9.17, 15) is 19.2 Å². The minimum absolute atomic E-state index is 0.158. The van der Waals surface area contributed by atoms with Crippen LogP contribution in [-0.2, 0) is 9.59 Å². The Morgan fingerprint density at radius 3 is 2.30 bits per heavy atom. The normalized spacial score (nSPS) is 14.9. The van der Waals surface area contributed by atoms with E-state index in [0.29, 0.717) is 16.1 Å². The van der Waals surface area contributed by atoms with Gasteiger partial charge in [0.1, 0.15) is 11.3 Å².